The monoisotopic (exact) mass is 390 g/mol. The molecule has 0 aliphatic heterocycles. The molecular weight excluding hydrogens is 372 g/mol. The van der Waals surface area contributed by atoms with Gasteiger partial charge in [0.15, 0.2) is 5.78 Å². The molecule has 0 spiro atoms. The van der Waals surface area contributed by atoms with E-state index in [0.717, 1.165) is 4.57 Å². The lowest BCUT2D eigenvalue weighted by Crippen LogP contribution is -2.27. The minimum atomic E-state index is -0.645. The molecule has 1 heterocycles. The molecule has 0 atom stereocenters. The summed E-state index contributed by atoms with van der Waals surface area (Å²) in [6.07, 6.45) is 0.430. The fraction of sp³-hybridized carbons (Fsp3) is 0.316. The number of nitrogens with zero attached hydrogens (tertiary/aromatic N) is 2. The van der Waals surface area contributed by atoms with Gasteiger partial charge in [-0.15, -0.1) is 0 Å². The van der Waals surface area contributed by atoms with Crippen LogP contribution >= 0.6 is 11.6 Å². The minimum absolute atomic E-state index is 0.107. The van der Waals surface area contributed by atoms with Crippen molar-refractivity contribution in [3.8, 4) is 17.7 Å². The third kappa shape index (κ3) is 3.97. The lowest BCUT2D eigenvalue weighted by atomic mass is 9.97. The number of hydrogen-bond donors (Lipinski definition) is 1. The van der Waals surface area contributed by atoms with Crippen LogP contribution in [0.4, 0.5) is 0 Å². The maximum Gasteiger partial charge on any atom is 0.271 e. The zero-order valence-corrected chi connectivity index (χ0v) is 16.0. The SMILES string of the molecule is COCCCn1c(O)c(C(=O)c2ccc(OC)c(Cl)c2)c(C)c(C#N)c1=O. The van der Waals surface area contributed by atoms with E-state index in [1.807, 2.05) is 6.07 Å². The number of nitriles is 1. The molecule has 1 N–H and O–H groups in total. The van der Waals surface area contributed by atoms with Crippen LogP contribution in [0.2, 0.25) is 5.02 Å². The summed E-state index contributed by atoms with van der Waals surface area (Å²) in [6, 6.07) is 6.26. The molecule has 8 heteroatoms. The Labute approximate surface area is 161 Å². The predicted molar refractivity (Wildman–Crippen MR) is 99.7 cm³/mol. The molecule has 0 bridgehead atoms. The van der Waals surface area contributed by atoms with E-state index in [0.29, 0.717) is 18.8 Å². The van der Waals surface area contributed by atoms with Gasteiger partial charge in [0.05, 0.1) is 17.7 Å². The van der Waals surface area contributed by atoms with Gasteiger partial charge in [-0.1, -0.05) is 11.6 Å². The van der Waals surface area contributed by atoms with Crippen LogP contribution < -0.4 is 10.3 Å². The molecule has 1 aromatic heterocycles. The summed E-state index contributed by atoms with van der Waals surface area (Å²) in [5, 5.41) is 20.2. The molecular formula is C19H19ClN2O5. The van der Waals surface area contributed by atoms with Crippen LogP contribution in [0.1, 0.15) is 33.5 Å². The summed E-state index contributed by atoms with van der Waals surface area (Å²) in [7, 11) is 2.97. The Balaban J connectivity index is 2.63. The number of hydrogen-bond acceptors (Lipinski definition) is 6. The van der Waals surface area contributed by atoms with Crippen LogP contribution in [0, 0.1) is 18.3 Å². The highest BCUT2D eigenvalue weighted by molar-refractivity contribution is 6.32. The third-order valence-corrected chi connectivity index (χ3v) is 4.47. The molecule has 0 unspecified atom stereocenters. The van der Waals surface area contributed by atoms with Crippen molar-refractivity contribution in [1.29, 1.82) is 5.26 Å². The second kappa shape index (κ2) is 8.71. The van der Waals surface area contributed by atoms with Gasteiger partial charge in [-0.2, -0.15) is 5.26 Å². The van der Waals surface area contributed by atoms with Gasteiger partial charge in [0.2, 0.25) is 5.88 Å². The molecule has 0 aliphatic rings. The van der Waals surface area contributed by atoms with Crippen LogP contribution in [-0.2, 0) is 11.3 Å². The summed E-state index contributed by atoms with van der Waals surface area (Å²) in [5.41, 5.74) is -0.615. The fourth-order valence-corrected chi connectivity index (χ4v) is 3.01. The van der Waals surface area contributed by atoms with E-state index < -0.39 is 17.2 Å². The number of halogens is 1. The van der Waals surface area contributed by atoms with Gasteiger partial charge in [-0.25, -0.2) is 0 Å². The topological polar surface area (TPSA) is 102 Å². The second-order valence-corrected chi connectivity index (χ2v) is 6.20. The highest BCUT2D eigenvalue weighted by Crippen LogP contribution is 2.29. The number of aromatic nitrogens is 1. The van der Waals surface area contributed by atoms with Crippen LogP contribution in [0.3, 0.4) is 0 Å². The van der Waals surface area contributed by atoms with Gasteiger partial charge in [-0.3, -0.25) is 14.2 Å². The molecule has 0 amide bonds. The molecule has 0 aliphatic carbocycles. The number of benzene rings is 1. The van der Waals surface area contributed by atoms with Crippen LogP contribution in [0.15, 0.2) is 23.0 Å². The van der Waals surface area contributed by atoms with Crippen LogP contribution in [0.25, 0.3) is 0 Å². The zero-order valence-electron chi connectivity index (χ0n) is 15.2. The normalized spacial score (nSPS) is 10.5. The first-order valence-corrected chi connectivity index (χ1v) is 8.48. The molecule has 7 nitrogen and oxygen atoms in total. The summed E-state index contributed by atoms with van der Waals surface area (Å²) >= 11 is 6.08. The van der Waals surface area contributed by atoms with Crippen molar-refractivity contribution in [2.75, 3.05) is 20.8 Å². The van der Waals surface area contributed by atoms with E-state index in [1.165, 1.54) is 39.3 Å². The number of pyridine rings is 1. The summed E-state index contributed by atoms with van der Waals surface area (Å²) in [5.74, 6) is -0.632. The van der Waals surface area contributed by atoms with Crippen molar-refractivity contribution in [2.45, 2.75) is 19.9 Å². The van der Waals surface area contributed by atoms with Crippen molar-refractivity contribution < 1.29 is 19.4 Å². The van der Waals surface area contributed by atoms with E-state index in [-0.39, 0.29) is 33.8 Å². The van der Waals surface area contributed by atoms with Crippen molar-refractivity contribution in [3.05, 3.63) is 55.8 Å². The molecule has 1 aromatic carbocycles. The lowest BCUT2D eigenvalue weighted by Gasteiger charge is -2.15. The Bertz CT molecular complexity index is 976. The standard InChI is InChI=1S/C19H19ClN2O5/c1-11-13(10-21)18(24)22(7-4-8-26-2)19(25)16(11)17(23)12-5-6-15(27-3)14(20)9-12/h5-6,9,25H,4,7-8H2,1-3H3. The molecule has 2 aromatic rings. The van der Waals surface area contributed by atoms with Crippen molar-refractivity contribution >= 4 is 17.4 Å². The van der Waals surface area contributed by atoms with Gasteiger partial charge in [0, 0.05) is 25.8 Å². The average molecular weight is 391 g/mol. The Hall–Kier alpha value is -2.82. The highest BCUT2D eigenvalue weighted by Gasteiger charge is 2.25. The number of ketones is 1. The van der Waals surface area contributed by atoms with Gasteiger partial charge >= 0.3 is 0 Å². The summed E-state index contributed by atoms with van der Waals surface area (Å²) < 4.78 is 11.0. The molecule has 0 fully saturated rings. The van der Waals surface area contributed by atoms with Gasteiger partial charge in [0.1, 0.15) is 17.4 Å². The van der Waals surface area contributed by atoms with Crippen molar-refractivity contribution in [3.63, 3.8) is 0 Å². The van der Waals surface area contributed by atoms with Crippen molar-refractivity contribution in [1.82, 2.24) is 4.57 Å². The molecule has 0 saturated heterocycles. The largest absolute Gasteiger partial charge is 0.495 e. The Kier molecular flexibility index (Phi) is 6.61. The summed E-state index contributed by atoms with van der Waals surface area (Å²) in [4.78, 5) is 25.5. The second-order valence-electron chi connectivity index (χ2n) is 5.79. The molecule has 2 rings (SSSR count). The fourth-order valence-electron chi connectivity index (χ4n) is 2.75. The minimum Gasteiger partial charge on any atom is -0.495 e. The number of carbonyl (C=O) groups excluding carboxylic acids is 1. The predicted octanol–water partition coefficient (Wildman–Crippen LogP) is 2.66. The number of rotatable bonds is 7. The maximum atomic E-state index is 13.0. The maximum absolute atomic E-state index is 13.0. The van der Waals surface area contributed by atoms with Gasteiger partial charge < -0.3 is 14.6 Å². The average Bonchev–Trinajstić information content (AvgIpc) is 2.64. The number of carbonyl (C=O) groups is 1. The van der Waals surface area contributed by atoms with Gasteiger partial charge in [0.25, 0.3) is 5.56 Å². The first kappa shape index (κ1) is 20.5. The number of methoxy groups -OCH3 is 2. The third-order valence-electron chi connectivity index (χ3n) is 4.17. The van der Waals surface area contributed by atoms with Crippen molar-refractivity contribution in [2.24, 2.45) is 0 Å². The lowest BCUT2D eigenvalue weighted by molar-refractivity contribution is 0.103. The van der Waals surface area contributed by atoms with E-state index in [2.05, 4.69) is 0 Å². The quantitative estimate of drug-likeness (QED) is 0.576. The Morgan fingerprint density at radius 2 is 2.07 bits per heavy atom. The Morgan fingerprint density at radius 1 is 1.37 bits per heavy atom. The number of aromatic hydroxyl groups is 1. The van der Waals surface area contributed by atoms with E-state index >= 15 is 0 Å². The summed E-state index contributed by atoms with van der Waals surface area (Å²) in [6.45, 7) is 1.92. The molecule has 0 radical (unpaired) electrons. The Morgan fingerprint density at radius 3 is 2.63 bits per heavy atom. The molecule has 142 valence electrons. The first-order chi connectivity index (χ1) is 12.9. The number of ether oxygens (including phenoxy) is 2. The van der Waals surface area contributed by atoms with E-state index in [4.69, 9.17) is 21.1 Å². The van der Waals surface area contributed by atoms with E-state index in [1.54, 1.807) is 0 Å². The first-order valence-electron chi connectivity index (χ1n) is 8.11. The smallest absolute Gasteiger partial charge is 0.271 e. The molecule has 0 saturated carbocycles. The highest BCUT2D eigenvalue weighted by atomic mass is 35.5. The van der Waals surface area contributed by atoms with Crippen LogP contribution in [-0.4, -0.2) is 36.3 Å². The zero-order chi connectivity index (χ0) is 20.1. The van der Waals surface area contributed by atoms with Gasteiger partial charge in [-0.05, 0) is 37.1 Å². The van der Waals surface area contributed by atoms with Crippen LogP contribution in [0.5, 0.6) is 11.6 Å². The molecule has 27 heavy (non-hydrogen) atoms. The van der Waals surface area contributed by atoms with E-state index in [9.17, 15) is 20.0 Å².